The third kappa shape index (κ3) is 3.22. The zero-order chi connectivity index (χ0) is 11.5. The van der Waals surface area contributed by atoms with Gasteiger partial charge in [0, 0.05) is 12.1 Å². The van der Waals surface area contributed by atoms with Crippen molar-refractivity contribution >= 4 is 12.4 Å². The first-order valence-electron chi connectivity index (χ1n) is 4.99. The highest BCUT2D eigenvalue weighted by Crippen LogP contribution is 2.18. The molecule has 2 N–H and O–H groups in total. The van der Waals surface area contributed by atoms with Crippen LogP contribution in [0, 0.1) is 12.7 Å². The Labute approximate surface area is 105 Å². The van der Waals surface area contributed by atoms with Gasteiger partial charge in [-0.1, -0.05) is 0 Å². The Morgan fingerprint density at radius 1 is 1.18 bits per heavy atom. The molecule has 17 heavy (non-hydrogen) atoms. The smallest absolute Gasteiger partial charge is 0.126 e. The summed E-state index contributed by atoms with van der Waals surface area (Å²) in [4.78, 5) is 8.48. The summed E-state index contributed by atoms with van der Waals surface area (Å²) in [5.41, 5.74) is 7.96. The van der Waals surface area contributed by atoms with Gasteiger partial charge in [0.15, 0.2) is 0 Å². The largest absolute Gasteiger partial charge is 0.325 e. The Hall–Kier alpha value is -1.52. The van der Waals surface area contributed by atoms with E-state index >= 15 is 0 Å². The molecule has 0 aliphatic rings. The van der Waals surface area contributed by atoms with Crippen LogP contribution in [0.1, 0.15) is 11.5 Å². The Balaban J connectivity index is 0.00000144. The molecule has 1 aromatic heterocycles. The number of aromatic nitrogens is 2. The van der Waals surface area contributed by atoms with Gasteiger partial charge in [0.2, 0.25) is 0 Å². The number of benzene rings is 1. The highest BCUT2D eigenvalue weighted by atomic mass is 35.5. The van der Waals surface area contributed by atoms with Crippen LogP contribution in [0.4, 0.5) is 4.39 Å². The molecule has 0 aliphatic heterocycles. The SMILES string of the molecule is Cc1nc(CN)cc(-c2ccc(F)cc2)n1.Cl. The molecule has 0 saturated carbocycles. The van der Waals surface area contributed by atoms with Crippen LogP contribution in [0.25, 0.3) is 11.3 Å². The molecule has 2 rings (SSSR count). The van der Waals surface area contributed by atoms with E-state index in [1.54, 1.807) is 12.1 Å². The van der Waals surface area contributed by atoms with Crippen molar-refractivity contribution in [2.45, 2.75) is 13.5 Å². The van der Waals surface area contributed by atoms with Gasteiger partial charge in [0.05, 0.1) is 11.4 Å². The summed E-state index contributed by atoms with van der Waals surface area (Å²) in [6, 6.07) is 8.03. The maximum Gasteiger partial charge on any atom is 0.126 e. The molecule has 3 nitrogen and oxygen atoms in total. The second-order valence-electron chi connectivity index (χ2n) is 3.50. The fraction of sp³-hybridized carbons (Fsp3) is 0.167. The minimum absolute atomic E-state index is 0. The molecule has 0 radical (unpaired) electrons. The molecular weight excluding hydrogens is 241 g/mol. The lowest BCUT2D eigenvalue weighted by Crippen LogP contribution is -2.03. The maximum absolute atomic E-state index is 12.8. The zero-order valence-corrected chi connectivity index (χ0v) is 10.2. The number of aryl methyl sites for hydroxylation is 1. The fourth-order valence-corrected chi connectivity index (χ4v) is 1.50. The Morgan fingerprint density at radius 3 is 2.41 bits per heavy atom. The quantitative estimate of drug-likeness (QED) is 0.895. The number of hydrogen-bond donors (Lipinski definition) is 1. The Kier molecular flexibility index (Phi) is 4.54. The highest BCUT2D eigenvalue weighted by molar-refractivity contribution is 5.85. The Morgan fingerprint density at radius 2 is 1.82 bits per heavy atom. The molecule has 5 heteroatoms. The summed E-state index contributed by atoms with van der Waals surface area (Å²) in [6.45, 7) is 2.18. The number of nitrogens with zero attached hydrogens (tertiary/aromatic N) is 2. The summed E-state index contributed by atoms with van der Waals surface area (Å²) < 4.78 is 12.8. The van der Waals surface area contributed by atoms with Crippen LogP contribution in [-0.2, 0) is 6.54 Å². The predicted molar refractivity (Wildman–Crippen MR) is 67.3 cm³/mol. The molecule has 1 heterocycles. The first kappa shape index (κ1) is 13.5. The van der Waals surface area contributed by atoms with Gasteiger partial charge in [-0.05, 0) is 37.3 Å². The highest BCUT2D eigenvalue weighted by Gasteiger charge is 2.03. The number of rotatable bonds is 2. The van der Waals surface area contributed by atoms with Crippen molar-refractivity contribution in [3.63, 3.8) is 0 Å². The predicted octanol–water partition coefficient (Wildman–Crippen LogP) is 2.47. The van der Waals surface area contributed by atoms with Crippen molar-refractivity contribution in [1.29, 1.82) is 0 Å². The van der Waals surface area contributed by atoms with Crippen molar-refractivity contribution in [3.8, 4) is 11.3 Å². The first-order chi connectivity index (χ1) is 7.69. The minimum atomic E-state index is -0.256. The monoisotopic (exact) mass is 253 g/mol. The van der Waals surface area contributed by atoms with Crippen LogP contribution < -0.4 is 5.73 Å². The first-order valence-corrected chi connectivity index (χ1v) is 4.99. The van der Waals surface area contributed by atoms with Crippen molar-refractivity contribution in [2.24, 2.45) is 5.73 Å². The van der Waals surface area contributed by atoms with E-state index in [-0.39, 0.29) is 18.2 Å². The van der Waals surface area contributed by atoms with E-state index in [1.807, 2.05) is 13.0 Å². The normalized spacial score (nSPS) is 9.82. The Bertz CT molecular complexity index is 500. The summed E-state index contributed by atoms with van der Waals surface area (Å²) in [6.07, 6.45) is 0. The van der Waals surface area contributed by atoms with Gasteiger partial charge in [-0.2, -0.15) is 0 Å². The topological polar surface area (TPSA) is 51.8 Å². The lowest BCUT2D eigenvalue weighted by Gasteiger charge is -2.04. The maximum atomic E-state index is 12.8. The van der Waals surface area contributed by atoms with Crippen molar-refractivity contribution in [2.75, 3.05) is 0 Å². The fourth-order valence-electron chi connectivity index (χ4n) is 1.50. The van der Waals surface area contributed by atoms with Crippen LogP contribution >= 0.6 is 12.4 Å². The minimum Gasteiger partial charge on any atom is -0.325 e. The van der Waals surface area contributed by atoms with E-state index in [2.05, 4.69) is 9.97 Å². The number of halogens is 2. The van der Waals surface area contributed by atoms with Gasteiger partial charge in [0.1, 0.15) is 11.6 Å². The van der Waals surface area contributed by atoms with Gasteiger partial charge in [-0.15, -0.1) is 12.4 Å². The molecule has 0 unspecified atom stereocenters. The molecule has 0 aliphatic carbocycles. The summed E-state index contributed by atoms with van der Waals surface area (Å²) >= 11 is 0. The average molecular weight is 254 g/mol. The van der Waals surface area contributed by atoms with Crippen molar-refractivity contribution < 1.29 is 4.39 Å². The van der Waals surface area contributed by atoms with E-state index in [0.717, 1.165) is 17.0 Å². The molecule has 0 bridgehead atoms. The zero-order valence-electron chi connectivity index (χ0n) is 9.35. The third-order valence-electron chi connectivity index (χ3n) is 2.24. The molecule has 1 aromatic carbocycles. The standard InChI is InChI=1S/C12H12FN3.ClH/c1-8-15-11(7-14)6-12(16-8)9-2-4-10(13)5-3-9;/h2-6H,7,14H2,1H3;1H. The van der Waals surface area contributed by atoms with Crippen LogP contribution in [-0.4, -0.2) is 9.97 Å². The molecule has 0 saturated heterocycles. The van der Waals surface area contributed by atoms with E-state index in [4.69, 9.17) is 5.73 Å². The summed E-state index contributed by atoms with van der Waals surface area (Å²) in [7, 11) is 0. The van der Waals surface area contributed by atoms with Crippen molar-refractivity contribution in [1.82, 2.24) is 9.97 Å². The van der Waals surface area contributed by atoms with Gasteiger partial charge in [0.25, 0.3) is 0 Å². The van der Waals surface area contributed by atoms with Gasteiger partial charge in [-0.25, -0.2) is 14.4 Å². The number of nitrogens with two attached hydrogens (primary N) is 1. The van der Waals surface area contributed by atoms with Gasteiger partial charge in [-0.3, -0.25) is 0 Å². The van der Waals surface area contributed by atoms with Crippen LogP contribution in [0.15, 0.2) is 30.3 Å². The second-order valence-corrected chi connectivity index (χ2v) is 3.50. The molecule has 0 spiro atoms. The van der Waals surface area contributed by atoms with E-state index in [1.165, 1.54) is 12.1 Å². The van der Waals surface area contributed by atoms with E-state index < -0.39 is 0 Å². The molecule has 0 fully saturated rings. The van der Waals surface area contributed by atoms with Crippen LogP contribution in [0.5, 0.6) is 0 Å². The average Bonchev–Trinajstić information content (AvgIpc) is 2.29. The molecule has 90 valence electrons. The van der Waals surface area contributed by atoms with Gasteiger partial charge < -0.3 is 5.73 Å². The lowest BCUT2D eigenvalue weighted by atomic mass is 10.1. The number of hydrogen-bond acceptors (Lipinski definition) is 3. The molecule has 0 atom stereocenters. The third-order valence-corrected chi connectivity index (χ3v) is 2.24. The van der Waals surface area contributed by atoms with Crippen LogP contribution in [0.3, 0.4) is 0 Å². The van der Waals surface area contributed by atoms with Crippen molar-refractivity contribution in [3.05, 3.63) is 47.7 Å². The van der Waals surface area contributed by atoms with E-state index in [9.17, 15) is 4.39 Å². The van der Waals surface area contributed by atoms with Crippen LogP contribution in [0.2, 0.25) is 0 Å². The van der Waals surface area contributed by atoms with E-state index in [0.29, 0.717) is 12.4 Å². The summed E-state index contributed by atoms with van der Waals surface area (Å²) in [5, 5.41) is 0. The molecule has 0 amide bonds. The van der Waals surface area contributed by atoms with Gasteiger partial charge >= 0.3 is 0 Å². The molecule has 2 aromatic rings. The molecular formula is C12H13ClFN3. The lowest BCUT2D eigenvalue weighted by molar-refractivity contribution is 0.628. The second kappa shape index (κ2) is 5.70. The summed E-state index contributed by atoms with van der Waals surface area (Å²) in [5.74, 6) is 0.413.